The first-order valence-electron chi connectivity index (χ1n) is 16.6. The fraction of sp³-hybridized carbons (Fsp3) is 0.812. The number of sulfonamides is 1. The molecule has 15 heteroatoms. The molecule has 0 radical (unpaired) electrons. The molecule has 5 rings (SSSR count). The quantitative estimate of drug-likeness (QED) is 0.213. The molecule has 47 heavy (non-hydrogen) atoms. The third-order valence-corrected chi connectivity index (χ3v) is 14.3. The molecule has 4 aliphatic carbocycles. The first-order chi connectivity index (χ1) is 21.9. The number of carbonyl (C=O) groups excluding carboxylic acids is 4. The van der Waals surface area contributed by atoms with Crippen LogP contribution in [0.4, 0.5) is 5.13 Å². The zero-order valence-electron chi connectivity index (χ0n) is 28.0. The number of fused-ring (bicyclic) bond motifs is 5. The van der Waals surface area contributed by atoms with Crippen LogP contribution in [-0.2, 0) is 43.4 Å². The van der Waals surface area contributed by atoms with Gasteiger partial charge in [-0.05, 0) is 86.4 Å². The van der Waals surface area contributed by atoms with E-state index in [0.29, 0.717) is 30.6 Å². The van der Waals surface area contributed by atoms with Gasteiger partial charge in [0.05, 0.1) is 0 Å². The van der Waals surface area contributed by atoms with Gasteiger partial charge in [-0.3, -0.25) is 19.2 Å². The second-order valence-corrected chi connectivity index (χ2v) is 17.5. The highest BCUT2D eigenvalue weighted by molar-refractivity contribution is 7.91. The molecule has 13 nitrogen and oxygen atoms in total. The summed E-state index contributed by atoms with van der Waals surface area (Å²) >= 11 is 0.699. The number of hydrogen-bond acceptors (Lipinski definition) is 12. The van der Waals surface area contributed by atoms with Crippen LogP contribution in [0, 0.1) is 46.3 Å². The summed E-state index contributed by atoms with van der Waals surface area (Å²) in [6, 6.07) is 0. The molecule has 0 saturated heterocycles. The Morgan fingerprint density at radius 1 is 0.957 bits per heavy atom. The SMILES string of the molecule is CC(=O)O[C@@H]1CC[C@]2(C)C3C[C@H](OC(C)=O)[C@@]4(C)C(CC[C@@H]4[C@H](C)CCC(=O)Nc4nnc(S(N)(=O)=O)s4)C3[C@H](OC(C)=O)C[C@@H]2C1. The molecular formula is C32H48N4O9S2. The Bertz CT molecular complexity index is 1500. The van der Waals surface area contributed by atoms with E-state index in [1.54, 1.807) is 0 Å². The van der Waals surface area contributed by atoms with Crippen LogP contribution in [0.1, 0.15) is 99.3 Å². The Kier molecular flexibility index (Phi) is 10.1. The first kappa shape index (κ1) is 35.7. The molecule has 4 saturated carbocycles. The molecule has 0 aromatic carbocycles. The maximum absolute atomic E-state index is 12.8. The largest absolute Gasteiger partial charge is 0.463 e. The molecule has 4 fully saturated rings. The van der Waals surface area contributed by atoms with Crippen molar-refractivity contribution < 1.29 is 41.8 Å². The van der Waals surface area contributed by atoms with Crippen LogP contribution < -0.4 is 10.5 Å². The Labute approximate surface area is 280 Å². The van der Waals surface area contributed by atoms with Crippen LogP contribution in [0.25, 0.3) is 0 Å². The number of hydrogen-bond donors (Lipinski definition) is 2. The van der Waals surface area contributed by atoms with E-state index in [1.807, 2.05) is 0 Å². The smallest absolute Gasteiger partial charge is 0.302 e. The van der Waals surface area contributed by atoms with Gasteiger partial charge < -0.3 is 19.5 Å². The van der Waals surface area contributed by atoms with E-state index in [-0.39, 0.29) is 98.9 Å². The Morgan fingerprint density at radius 2 is 1.64 bits per heavy atom. The molecule has 1 aromatic heterocycles. The van der Waals surface area contributed by atoms with Crippen molar-refractivity contribution in [2.24, 2.45) is 51.5 Å². The lowest BCUT2D eigenvalue weighted by atomic mass is 9.43. The maximum Gasteiger partial charge on any atom is 0.302 e. The fourth-order valence-corrected chi connectivity index (χ4v) is 11.6. The van der Waals surface area contributed by atoms with Crippen molar-refractivity contribution in [3.63, 3.8) is 0 Å². The molecular weight excluding hydrogens is 649 g/mol. The van der Waals surface area contributed by atoms with Gasteiger partial charge in [0, 0.05) is 38.5 Å². The van der Waals surface area contributed by atoms with Gasteiger partial charge in [-0.1, -0.05) is 32.1 Å². The van der Waals surface area contributed by atoms with Crippen molar-refractivity contribution in [3.8, 4) is 0 Å². The number of anilines is 1. The highest BCUT2D eigenvalue weighted by Gasteiger charge is 2.67. The molecule has 262 valence electrons. The summed E-state index contributed by atoms with van der Waals surface area (Å²) in [6.07, 6.45) is 5.49. The average Bonchev–Trinajstić information content (AvgIpc) is 3.57. The lowest BCUT2D eigenvalue weighted by Crippen LogP contribution is -2.63. The van der Waals surface area contributed by atoms with Gasteiger partial charge in [0.2, 0.25) is 15.4 Å². The summed E-state index contributed by atoms with van der Waals surface area (Å²) < 4.78 is 40.7. The highest BCUT2D eigenvalue weighted by Crippen LogP contribution is 2.69. The number of nitrogens with two attached hydrogens (primary N) is 1. The van der Waals surface area contributed by atoms with E-state index in [0.717, 1.165) is 32.1 Å². The number of esters is 3. The number of nitrogens with one attached hydrogen (secondary N) is 1. The van der Waals surface area contributed by atoms with Gasteiger partial charge >= 0.3 is 17.9 Å². The molecule has 4 aliphatic rings. The van der Waals surface area contributed by atoms with E-state index in [4.69, 9.17) is 19.3 Å². The zero-order chi connectivity index (χ0) is 34.5. The van der Waals surface area contributed by atoms with Crippen LogP contribution in [0.3, 0.4) is 0 Å². The first-order valence-corrected chi connectivity index (χ1v) is 19.0. The second kappa shape index (κ2) is 13.3. The molecule has 1 heterocycles. The second-order valence-electron chi connectivity index (χ2n) is 14.7. The van der Waals surface area contributed by atoms with Crippen LogP contribution >= 0.6 is 11.3 Å². The lowest BCUT2D eigenvalue weighted by Gasteiger charge is -2.64. The summed E-state index contributed by atoms with van der Waals surface area (Å²) in [5.41, 5.74) is -0.490. The normalized spacial score (nSPS) is 37.0. The standard InChI is InChI=1S/C32H48N4O9S2/c1-16(7-10-27(40)34-29-35-36-30(46-29)47(33,41)42)22-8-9-23-28-24(15-26(32(22,23)6)45-19(4)39)31(5)12-11-21(43-17(2)37)13-20(31)14-25(28)44-18(3)38/h16,20-26,28H,7-15H2,1-6H3,(H2,33,41,42)(H,34,35,40)/t16-,20+,21-,22-,23?,24?,25-,26+,28?,31+,32-/m1/s1. The number of aromatic nitrogens is 2. The molecule has 0 bridgehead atoms. The van der Waals surface area contributed by atoms with Gasteiger partial charge in [-0.2, -0.15) is 0 Å². The van der Waals surface area contributed by atoms with Gasteiger partial charge in [0.25, 0.3) is 10.0 Å². The number of primary sulfonamides is 1. The van der Waals surface area contributed by atoms with Crippen LogP contribution in [-0.4, -0.2) is 60.7 Å². The number of amides is 1. The summed E-state index contributed by atoms with van der Waals surface area (Å²) in [5.74, 6) is -0.415. The Balaban J connectivity index is 1.37. The molecule has 1 aromatic rings. The van der Waals surface area contributed by atoms with E-state index in [1.165, 1.54) is 20.8 Å². The molecule has 3 N–H and O–H groups in total. The summed E-state index contributed by atoms with van der Waals surface area (Å²) in [7, 11) is -4.01. The van der Waals surface area contributed by atoms with Crippen molar-refractivity contribution in [1.82, 2.24) is 10.2 Å². The van der Waals surface area contributed by atoms with Crippen molar-refractivity contribution in [2.75, 3.05) is 5.32 Å². The van der Waals surface area contributed by atoms with Crippen molar-refractivity contribution >= 4 is 50.3 Å². The van der Waals surface area contributed by atoms with E-state index in [9.17, 15) is 27.6 Å². The third-order valence-electron chi connectivity index (χ3n) is 12.1. The van der Waals surface area contributed by atoms with E-state index in [2.05, 4.69) is 36.3 Å². The predicted molar refractivity (Wildman–Crippen MR) is 171 cm³/mol. The van der Waals surface area contributed by atoms with Gasteiger partial charge in [-0.25, -0.2) is 13.6 Å². The average molecular weight is 697 g/mol. The fourth-order valence-electron chi connectivity index (χ4n) is 10.2. The monoisotopic (exact) mass is 696 g/mol. The predicted octanol–water partition coefficient (Wildman–Crippen LogP) is 4.21. The molecule has 0 aliphatic heterocycles. The summed E-state index contributed by atoms with van der Waals surface area (Å²) in [5, 5.41) is 15.1. The van der Waals surface area contributed by atoms with Crippen LogP contribution in [0.5, 0.6) is 0 Å². The molecule has 1 amide bonds. The molecule has 11 atom stereocenters. The maximum atomic E-state index is 12.8. The van der Waals surface area contributed by atoms with Crippen molar-refractivity contribution in [2.45, 2.75) is 122 Å². The number of carbonyl (C=O) groups is 4. The highest BCUT2D eigenvalue weighted by atomic mass is 32.2. The van der Waals surface area contributed by atoms with Crippen LogP contribution in [0.15, 0.2) is 4.34 Å². The zero-order valence-corrected chi connectivity index (χ0v) is 29.7. The molecule has 0 spiro atoms. The molecule has 3 unspecified atom stereocenters. The third kappa shape index (κ3) is 7.08. The summed E-state index contributed by atoms with van der Waals surface area (Å²) in [4.78, 5) is 49.7. The van der Waals surface area contributed by atoms with E-state index < -0.39 is 15.4 Å². The van der Waals surface area contributed by atoms with Gasteiger partial charge in [-0.15, -0.1) is 10.2 Å². The number of nitrogens with zero attached hydrogens (tertiary/aromatic N) is 2. The minimum Gasteiger partial charge on any atom is -0.463 e. The summed E-state index contributed by atoms with van der Waals surface area (Å²) in [6.45, 7) is 11.0. The lowest BCUT2D eigenvalue weighted by molar-refractivity contribution is -0.224. The number of ether oxygens (including phenoxy) is 3. The van der Waals surface area contributed by atoms with Gasteiger partial charge in [0.1, 0.15) is 18.3 Å². The minimum atomic E-state index is -4.01. The van der Waals surface area contributed by atoms with Crippen LogP contribution in [0.2, 0.25) is 0 Å². The van der Waals surface area contributed by atoms with Crippen molar-refractivity contribution in [1.29, 1.82) is 0 Å². The minimum absolute atomic E-state index is 0.0651. The van der Waals surface area contributed by atoms with E-state index >= 15 is 0 Å². The van der Waals surface area contributed by atoms with Crippen molar-refractivity contribution in [3.05, 3.63) is 0 Å². The topological polar surface area (TPSA) is 194 Å². The van der Waals surface area contributed by atoms with Gasteiger partial charge in [0.15, 0.2) is 0 Å². The number of rotatable bonds is 9. The Hall–Kier alpha value is -2.65. The Morgan fingerprint density at radius 3 is 2.26 bits per heavy atom.